The number of hydrogen-bond donors (Lipinski definition) is 0. The molecule has 0 saturated carbocycles. The topological polar surface area (TPSA) is 70.2 Å². The third-order valence-corrected chi connectivity index (χ3v) is 6.55. The van der Waals surface area contributed by atoms with Gasteiger partial charge in [-0.05, 0) is 24.6 Å². The molecule has 0 spiro atoms. The van der Waals surface area contributed by atoms with Crippen molar-refractivity contribution in [3.63, 3.8) is 0 Å². The van der Waals surface area contributed by atoms with Gasteiger partial charge in [0.2, 0.25) is 15.9 Å². The van der Waals surface area contributed by atoms with Gasteiger partial charge in [0.15, 0.2) is 0 Å². The fourth-order valence-electron chi connectivity index (χ4n) is 3.78. The van der Waals surface area contributed by atoms with Crippen molar-refractivity contribution < 1.29 is 17.9 Å². The molecule has 2 aromatic rings. The molecule has 1 heterocycles. The molecule has 1 saturated heterocycles. The number of methoxy groups -OCH3 is 1. The van der Waals surface area contributed by atoms with Gasteiger partial charge >= 0.3 is 0 Å². The molecule has 1 amide bonds. The van der Waals surface area contributed by atoms with Crippen molar-refractivity contribution in [2.45, 2.75) is 19.5 Å². The van der Waals surface area contributed by atoms with E-state index in [4.69, 9.17) is 4.74 Å². The van der Waals surface area contributed by atoms with E-state index in [1.807, 2.05) is 18.2 Å². The molecular weight excluding hydrogens is 402 g/mol. The Bertz CT molecular complexity index is 957. The molecular formula is C22H29N3O4S. The number of benzene rings is 2. The molecule has 0 aliphatic carbocycles. The maximum Gasteiger partial charge on any atom is 0.246 e. The molecule has 30 heavy (non-hydrogen) atoms. The minimum Gasteiger partial charge on any atom is -0.497 e. The fraction of sp³-hybridized carbons (Fsp3) is 0.409. The van der Waals surface area contributed by atoms with Gasteiger partial charge in [-0.25, -0.2) is 8.42 Å². The molecule has 1 aliphatic heterocycles. The van der Waals surface area contributed by atoms with Gasteiger partial charge in [-0.2, -0.15) is 0 Å². The molecule has 7 nitrogen and oxygen atoms in total. The number of anilines is 1. The van der Waals surface area contributed by atoms with Gasteiger partial charge in [0.05, 0.1) is 19.1 Å². The summed E-state index contributed by atoms with van der Waals surface area (Å²) in [7, 11) is -2.14. The van der Waals surface area contributed by atoms with Crippen LogP contribution in [0.4, 0.5) is 5.69 Å². The van der Waals surface area contributed by atoms with Crippen LogP contribution < -0.4 is 9.04 Å². The molecule has 3 rings (SSSR count). The van der Waals surface area contributed by atoms with Crippen molar-refractivity contribution in [3.05, 3.63) is 60.2 Å². The van der Waals surface area contributed by atoms with Crippen LogP contribution in [0.15, 0.2) is 54.6 Å². The first-order valence-corrected chi connectivity index (χ1v) is 11.8. The zero-order chi connectivity index (χ0) is 21.7. The first-order chi connectivity index (χ1) is 14.3. The third-order valence-electron chi connectivity index (χ3n) is 5.31. The highest BCUT2D eigenvalue weighted by Crippen LogP contribution is 2.26. The van der Waals surface area contributed by atoms with Crippen molar-refractivity contribution in [3.8, 4) is 5.75 Å². The summed E-state index contributed by atoms with van der Waals surface area (Å²) in [6.07, 6.45) is 1.12. The highest BCUT2D eigenvalue weighted by molar-refractivity contribution is 7.92. The number of sulfonamides is 1. The summed E-state index contributed by atoms with van der Waals surface area (Å²) in [6.45, 7) is 5.14. The lowest BCUT2D eigenvalue weighted by Crippen LogP contribution is -2.55. The van der Waals surface area contributed by atoms with Crippen LogP contribution in [-0.2, 0) is 21.4 Å². The van der Waals surface area contributed by atoms with E-state index in [2.05, 4.69) is 17.0 Å². The molecule has 0 aromatic heterocycles. The van der Waals surface area contributed by atoms with Crippen LogP contribution in [0.25, 0.3) is 0 Å². The van der Waals surface area contributed by atoms with E-state index in [1.165, 1.54) is 17.0 Å². The van der Waals surface area contributed by atoms with Crippen LogP contribution in [0.1, 0.15) is 12.5 Å². The van der Waals surface area contributed by atoms with Crippen LogP contribution in [0.2, 0.25) is 0 Å². The van der Waals surface area contributed by atoms with E-state index in [1.54, 1.807) is 36.1 Å². The number of piperazine rings is 1. The van der Waals surface area contributed by atoms with Crippen LogP contribution in [0.3, 0.4) is 0 Å². The molecule has 1 aliphatic rings. The van der Waals surface area contributed by atoms with Gasteiger partial charge in [0.1, 0.15) is 11.8 Å². The van der Waals surface area contributed by atoms with Gasteiger partial charge in [0, 0.05) is 38.8 Å². The average Bonchev–Trinajstić information content (AvgIpc) is 2.74. The average molecular weight is 432 g/mol. The molecule has 8 heteroatoms. The second kappa shape index (κ2) is 9.49. The Morgan fingerprint density at radius 3 is 2.33 bits per heavy atom. The Balaban J connectivity index is 1.68. The lowest BCUT2D eigenvalue weighted by Gasteiger charge is -2.38. The van der Waals surface area contributed by atoms with Crippen LogP contribution >= 0.6 is 0 Å². The van der Waals surface area contributed by atoms with Gasteiger partial charge in [-0.15, -0.1) is 0 Å². The molecule has 162 valence electrons. The maximum absolute atomic E-state index is 13.1. The Hall–Kier alpha value is -2.58. The Kier molecular flexibility index (Phi) is 6.99. The first-order valence-electron chi connectivity index (χ1n) is 9.98. The summed E-state index contributed by atoms with van der Waals surface area (Å²) in [5.74, 6) is 0.345. The second-order valence-electron chi connectivity index (χ2n) is 7.52. The number of nitrogens with zero attached hydrogens (tertiary/aromatic N) is 3. The third kappa shape index (κ3) is 5.31. The lowest BCUT2D eigenvalue weighted by atomic mass is 10.2. The number of carbonyl (C=O) groups excluding carboxylic acids is 1. The first kappa shape index (κ1) is 22.1. The van der Waals surface area contributed by atoms with Gasteiger partial charge in [-0.1, -0.05) is 36.4 Å². The smallest absolute Gasteiger partial charge is 0.246 e. The second-order valence-corrected chi connectivity index (χ2v) is 9.38. The van der Waals surface area contributed by atoms with Crippen molar-refractivity contribution in [1.82, 2.24) is 9.80 Å². The van der Waals surface area contributed by atoms with E-state index in [0.29, 0.717) is 24.5 Å². The fourth-order valence-corrected chi connectivity index (χ4v) is 4.94. The summed E-state index contributed by atoms with van der Waals surface area (Å²) in [6, 6.07) is 16.1. The summed E-state index contributed by atoms with van der Waals surface area (Å²) in [4.78, 5) is 17.2. The van der Waals surface area contributed by atoms with Crippen molar-refractivity contribution in [2.75, 3.05) is 43.8 Å². The SMILES string of the molecule is COc1cccc(N([C@@H](C)C(=O)N2CCN(Cc3ccccc3)CC2)S(C)(=O)=O)c1. The molecule has 0 N–H and O–H groups in total. The van der Waals surface area contributed by atoms with Gasteiger partial charge < -0.3 is 9.64 Å². The molecule has 0 bridgehead atoms. The highest BCUT2D eigenvalue weighted by atomic mass is 32.2. The standard InChI is InChI=1S/C22H29N3O4S/c1-18(25(30(3,27)28)20-10-7-11-21(16-20)29-2)22(26)24-14-12-23(13-15-24)17-19-8-5-4-6-9-19/h4-11,16,18H,12-15,17H2,1-3H3/t18-/m0/s1. The summed E-state index contributed by atoms with van der Waals surface area (Å²) >= 11 is 0. The minimum absolute atomic E-state index is 0.192. The lowest BCUT2D eigenvalue weighted by molar-refractivity contribution is -0.133. The largest absolute Gasteiger partial charge is 0.497 e. The molecule has 0 unspecified atom stereocenters. The molecule has 1 fully saturated rings. The number of hydrogen-bond acceptors (Lipinski definition) is 5. The number of rotatable bonds is 7. The zero-order valence-electron chi connectivity index (χ0n) is 17.7. The summed E-state index contributed by atoms with van der Waals surface area (Å²) in [5, 5.41) is 0. The summed E-state index contributed by atoms with van der Waals surface area (Å²) < 4.78 is 31.4. The molecule has 2 aromatic carbocycles. The Morgan fingerprint density at radius 1 is 1.07 bits per heavy atom. The van der Waals surface area contributed by atoms with Gasteiger partial charge in [0.25, 0.3) is 0 Å². The monoisotopic (exact) mass is 431 g/mol. The number of ether oxygens (including phenoxy) is 1. The Labute approximate surface area is 178 Å². The van der Waals surface area contributed by atoms with Crippen LogP contribution in [-0.4, -0.2) is 69.7 Å². The quantitative estimate of drug-likeness (QED) is 0.672. The Morgan fingerprint density at radius 2 is 1.73 bits per heavy atom. The maximum atomic E-state index is 13.1. The van der Waals surface area contributed by atoms with E-state index < -0.39 is 16.1 Å². The zero-order valence-corrected chi connectivity index (χ0v) is 18.5. The number of carbonyl (C=O) groups is 1. The van der Waals surface area contributed by atoms with Crippen LogP contribution in [0, 0.1) is 0 Å². The van der Waals surface area contributed by atoms with E-state index in [0.717, 1.165) is 25.9 Å². The van der Waals surface area contributed by atoms with Crippen LogP contribution in [0.5, 0.6) is 5.75 Å². The predicted octanol–water partition coefficient (Wildman–Crippen LogP) is 2.19. The molecule has 0 radical (unpaired) electrons. The van der Waals surface area contributed by atoms with Crippen molar-refractivity contribution in [1.29, 1.82) is 0 Å². The van der Waals surface area contributed by atoms with Crippen molar-refractivity contribution >= 4 is 21.6 Å². The highest BCUT2D eigenvalue weighted by Gasteiger charge is 2.33. The van der Waals surface area contributed by atoms with E-state index in [9.17, 15) is 13.2 Å². The predicted molar refractivity (Wildman–Crippen MR) is 118 cm³/mol. The normalized spacial score (nSPS) is 16.2. The van der Waals surface area contributed by atoms with E-state index in [-0.39, 0.29) is 5.91 Å². The summed E-state index contributed by atoms with van der Waals surface area (Å²) in [5.41, 5.74) is 1.66. The van der Waals surface area contributed by atoms with Gasteiger partial charge in [-0.3, -0.25) is 14.0 Å². The minimum atomic E-state index is -3.66. The number of amides is 1. The van der Waals surface area contributed by atoms with E-state index >= 15 is 0 Å². The molecule has 1 atom stereocenters. The van der Waals surface area contributed by atoms with Crippen molar-refractivity contribution in [2.24, 2.45) is 0 Å².